The Bertz CT molecular complexity index is 668. The van der Waals surface area contributed by atoms with E-state index in [-0.39, 0.29) is 24.0 Å². The zero-order valence-corrected chi connectivity index (χ0v) is 18.3. The number of aliphatic imine (C=N–C) groups is 1. The highest BCUT2D eigenvalue weighted by atomic mass is 127. The second-order valence-corrected chi connectivity index (χ2v) is 5.60. The number of guanidine groups is 1. The van der Waals surface area contributed by atoms with Gasteiger partial charge in [-0.3, -0.25) is 0 Å². The molecule has 0 atom stereocenters. The molecule has 27 heavy (non-hydrogen) atoms. The lowest BCUT2D eigenvalue weighted by molar-refractivity contribution is 0.152. The number of hydrogen-bond acceptors (Lipinski definition) is 4. The monoisotopic (exact) mass is 484 g/mol. The fraction of sp³-hybridized carbons (Fsp3) is 0.400. The first-order valence-electron chi connectivity index (χ1n) is 9.03. The molecule has 2 rings (SSSR count). The first-order chi connectivity index (χ1) is 12.8. The van der Waals surface area contributed by atoms with Crippen LogP contribution in [-0.2, 0) is 17.9 Å². The number of pyridine rings is 1. The minimum atomic E-state index is 0. The van der Waals surface area contributed by atoms with Crippen LogP contribution >= 0.6 is 24.0 Å². The topological polar surface area (TPSA) is 67.8 Å². The number of nitrogens with zero attached hydrogens (tertiary/aromatic N) is 2. The Labute approximate surface area is 178 Å². The highest BCUT2D eigenvalue weighted by molar-refractivity contribution is 14.0. The third kappa shape index (κ3) is 9.58. The van der Waals surface area contributed by atoms with Crippen molar-refractivity contribution < 1.29 is 9.47 Å². The highest BCUT2D eigenvalue weighted by Gasteiger charge is 2.01. The second kappa shape index (κ2) is 14.2. The van der Waals surface area contributed by atoms with E-state index >= 15 is 0 Å². The van der Waals surface area contributed by atoms with Gasteiger partial charge in [0.1, 0.15) is 6.61 Å². The molecule has 148 valence electrons. The maximum absolute atomic E-state index is 5.77. The quantitative estimate of drug-likeness (QED) is 0.234. The number of aromatic nitrogens is 1. The summed E-state index contributed by atoms with van der Waals surface area (Å²) in [5.41, 5.74) is 2.16. The molecule has 0 aliphatic rings. The lowest BCUT2D eigenvalue weighted by Gasteiger charge is -2.11. The smallest absolute Gasteiger partial charge is 0.213 e. The van der Waals surface area contributed by atoms with Crippen molar-refractivity contribution in [3.8, 4) is 5.88 Å². The van der Waals surface area contributed by atoms with Gasteiger partial charge in [0, 0.05) is 32.0 Å². The molecule has 0 saturated heterocycles. The molecule has 0 bridgehead atoms. The summed E-state index contributed by atoms with van der Waals surface area (Å²) in [5, 5.41) is 6.48. The summed E-state index contributed by atoms with van der Waals surface area (Å²) in [4.78, 5) is 8.87. The molecular weight excluding hydrogens is 455 g/mol. The van der Waals surface area contributed by atoms with Crippen molar-refractivity contribution in [2.75, 3.05) is 26.3 Å². The largest absolute Gasteiger partial charge is 0.473 e. The zero-order valence-electron chi connectivity index (χ0n) is 16.0. The van der Waals surface area contributed by atoms with Gasteiger partial charge in [0.25, 0.3) is 0 Å². The summed E-state index contributed by atoms with van der Waals surface area (Å²) < 4.78 is 11.1. The van der Waals surface area contributed by atoms with Crippen molar-refractivity contribution in [1.82, 2.24) is 15.6 Å². The van der Waals surface area contributed by atoms with E-state index < -0.39 is 0 Å². The van der Waals surface area contributed by atoms with Crippen LogP contribution < -0.4 is 15.4 Å². The minimum absolute atomic E-state index is 0. The van der Waals surface area contributed by atoms with Crippen molar-refractivity contribution in [2.45, 2.75) is 27.0 Å². The fourth-order valence-corrected chi connectivity index (χ4v) is 2.26. The van der Waals surface area contributed by atoms with E-state index in [1.54, 1.807) is 6.20 Å². The third-order valence-corrected chi connectivity index (χ3v) is 3.54. The zero-order chi connectivity index (χ0) is 18.5. The number of rotatable bonds is 10. The first-order valence-corrected chi connectivity index (χ1v) is 9.03. The molecule has 0 amide bonds. The van der Waals surface area contributed by atoms with Gasteiger partial charge in [0.05, 0.1) is 13.2 Å². The Kier molecular flexibility index (Phi) is 12.2. The molecule has 0 radical (unpaired) electrons. The predicted molar refractivity (Wildman–Crippen MR) is 120 cm³/mol. The van der Waals surface area contributed by atoms with E-state index in [2.05, 4.69) is 20.6 Å². The van der Waals surface area contributed by atoms with Crippen molar-refractivity contribution in [3.63, 3.8) is 0 Å². The molecule has 0 unspecified atom stereocenters. The number of benzene rings is 1. The van der Waals surface area contributed by atoms with Crippen LogP contribution in [0.4, 0.5) is 0 Å². The average Bonchev–Trinajstić information content (AvgIpc) is 2.69. The molecule has 0 aliphatic heterocycles. The van der Waals surface area contributed by atoms with Gasteiger partial charge in [-0.1, -0.05) is 30.3 Å². The van der Waals surface area contributed by atoms with E-state index in [1.165, 1.54) is 0 Å². The molecule has 1 heterocycles. The van der Waals surface area contributed by atoms with Gasteiger partial charge in [-0.25, -0.2) is 9.98 Å². The molecule has 7 heteroatoms. The van der Waals surface area contributed by atoms with Crippen LogP contribution in [0.2, 0.25) is 0 Å². The van der Waals surface area contributed by atoms with E-state index in [0.29, 0.717) is 25.6 Å². The summed E-state index contributed by atoms with van der Waals surface area (Å²) in [6, 6.07) is 13.9. The van der Waals surface area contributed by atoms with Crippen molar-refractivity contribution in [3.05, 3.63) is 59.8 Å². The third-order valence-electron chi connectivity index (χ3n) is 3.54. The van der Waals surface area contributed by atoms with Crippen LogP contribution in [0, 0.1) is 0 Å². The van der Waals surface area contributed by atoms with Crippen molar-refractivity contribution in [2.24, 2.45) is 4.99 Å². The van der Waals surface area contributed by atoms with Gasteiger partial charge in [-0.15, -0.1) is 24.0 Å². The Morgan fingerprint density at radius 3 is 2.63 bits per heavy atom. The number of nitrogens with one attached hydrogen (secondary N) is 2. The molecule has 1 aromatic heterocycles. The van der Waals surface area contributed by atoms with Crippen LogP contribution in [0.25, 0.3) is 0 Å². The van der Waals surface area contributed by atoms with Crippen LogP contribution in [0.1, 0.15) is 25.0 Å². The summed E-state index contributed by atoms with van der Waals surface area (Å²) in [7, 11) is 0. The molecule has 6 nitrogen and oxygen atoms in total. The summed E-state index contributed by atoms with van der Waals surface area (Å²) >= 11 is 0. The van der Waals surface area contributed by atoms with Crippen LogP contribution in [-0.4, -0.2) is 37.2 Å². The van der Waals surface area contributed by atoms with Gasteiger partial charge in [0.2, 0.25) is 5.88 Å². The maximum Gasteiger partial charge on any atom is 0.213 e. The van der Waals surface area contributed by atoms with Gasteiger partial charge < -0.3 is 20.1 Å². The molecule has 2 aromatic rings. The SMILES string of the molecule is CCNC(=NCc1ccnc(OCc2ccccc2)c1)NCCOCC.I. The Morgan fingerprint density at radius 1 is 1.07 bits per heavy atom. The van der Waals surface area contributed by atoms with Gasteiger partial charge in [-0.05, 0) is 31.0 Å². The molecule has 2 N–H and O–H groups in total. The normalized spacial score (nSPS) is 10.8. The molecule has 0 saturated carbocycles. The van der Waals surface area contributed by atoms with E-state index in [4.69, 9.17) is 9.47 Å². The number of halogens is 1. The standard InChI is InChI=1S/C20H28N4O2.HI/c1-3-21-20(23-12-13-25-4-2)24-15-18-10-11-22-19(14-18)26-16-17-8-6-5-7-9-17;/h5-11,14H,3-4,12-13,15-16H2,1-2H3,(H2,21,23,24);1H. The van der Waals surface area contributed by atoms with Gasteiger partial charge in [-0.2, -0.15) is 0 Å². The van der Waals surface area contributed by atoms with Crippen molar-refractivity contribution in [1.29, 1.82) is 0 Å². The Hall–Kier alpha value is -1.87. The van der Waals surface area contributed by atoms with Gasteiger partial charge in [0.15, 0.2) is 5.96 Å². The van der Waals surface area contributed by atoms with Crippen molar-refractivity contribution >= 4 is 29.9 Å². The average molecular weight is 484 g/mol. The highest BCUT2D eigenvalue weighted by Crippen LogP contribution is 2.12. The predicted octanol–water partition coefficient (Wildman–Crippen LogP) is 3.37. The van der Waals surface area contributed by atoms with Crippen LogP contribution in [0.5, 0.6) is 5.88 Å². The summed E-state index contributed by atoms with van der Waals surface area (Å²) in [6.45, 7) is 7.99. The lowest BCUT2D eigenvalue weighted by Crippen LogP contribution is -2.39. The van der Waals surface area contributed by atoms with E-state index in [0.717, 1.165) is 36.8 Å². The van der Waals surface area contributed by atoms with Crippen LogP contribution in [0.3, 0.4) is 0 Å². The number of ether oxygens (including phenoxy) is 2. The Morgan fingerprint density at radius 2 is 1.89 bits per heavy atom. The van der Waals surface area contributed by atoms with Gasteiger partial charge >= 0.3 is 0 Å². The van der Waals surface area contributed by atoms with Crippen LogP contribution in [0.15, 0.2) is 53.7 Å². The second-order valence-electron chi connectivity index (χ2n) is 5.60. The lowest BCUT2D eigenvalue weighted by atomic mass is 10.2. The Balaban J connectivity index is 0.00000364. The molecule has 0 fully saturated rings. The summed E-state index contributed by atoms with van der Waals surface area (Å²) in [5.74, 6) is 1.38. The minimum Gasteiger partial charge on any atom is -0.473 e. The number of hydrogen-bond donors (Lipinski definition) is 2. The molecule has 0 aliphatic carbocycles. The fourth-order valence-electron chi connectivity index (χ4n) is 2.26. The molecule has 1 aromatic carbocycles. The summed E-state index contributed by atoms with van der Waals surface area (Å²) in [6.07, 6.45) is 1.75. The molecular formula is C20H29IN4O2. The maximum atomic E-state index is 5.77. The first kappa shape index (κ1) is 23.2. The van der Waals surface area contributed by atoms with E-state index in [9.17, 15) is 0 Å². The molecule has 0 spiro atoms. The van der Waals surface area contributed by atoms with E-state index in [1.807, 2.05) is 56.3 Å².